The van der Waals surface area contributed by atoms with Crippen molar-refractivity contribution in [1.82, 2.24) is 14.9 Å². The predicted molar refractivity (Wildman–Crippen MR) is 124 cm³/mol. The Morgan fingerprint density at radius 2 is 1.94 bits per heavy atom. The summed E-state index contributed by atoms with van der Waals surface area (Å²) in [6.07, 6.45) is 1.73. The number of alkyl carbamates (subject to hydrolysis) is 1. The van der Waals surface area contributed by atoms with Gasteiger partial charge in [0.25, 0.3) is 5.56 Å². The molecule has 2 aromatic carbocycles. The molecule has 1 saturated carbocycles. The Bertz CT molecular complexity index is 1330. The molecule has 1 fully saturated rings. The summed E-state index contributed by atoms with van der Waals surface area (Å²) in [5, 5.41) is 2.61. The number of rotatable bonds is 4. The van der Waals surface area contributed by atoms with Crippen molar-refractivity contribution in [3.05, 3.63) is 57.6 Å². The van der Waals surface area contributed by atoms with E-state index in [1.807, 2.05) is 0 Å². The van der Waals surface area contributed by atoms with E-state index in [1.54, 1.807) is 20.8 Å². The minimum atomic E-state index is -0.909. The van der Waals surface area contributed by atoms with Gasteiger partial charge in [-0.2, -0.15) is 0 Å². The molecule has 0 unspecified atom stereocenters. The maximum absolute atomic E-state index is 15.5. The number of ether oxygens (including phenoxy) is 2. The first-order valence-corrected chi connectivity index (χ1v) is 11.1. The van der Waals surface area contributed by atoms with Gasteiger partial charge in [0.2, 0.25) is 0 Å². The molecule has 4 rings (SSSR count). The predicted octanol–water partition coefficient (Wildman–Crippen LogP) is 5.23. The maximum Gasteiger partial charge on any atom is 0.407 e. The molecule has 0 radical (unpaired) electrons. The molecule has 1 aromatic heterocycles. The van der Waals surface area contributed by atoms with Crippen LogP contribution >= 0.6 is 11.6 Å². The average Bonchev–Trinajstić information content (AvgIpc) is 2.71. The van der Waals surface area contributed by atoms with Crippen molar-refractivity contribution in [2.45, 2.75) is 51.3 Å². The Morgan fingerprint density at radius 3 is 2.59 bits per heavy atom. The number of nitrogens with zero attached hydrogens (tertiary/aromatic N) is 2. The third-order valence-electron chi connectivity index (χ3n) is 5.64. The fourth-order valence-corrected chi connectivity index (χ4v) is 4.31. The first-order chi connectivity index (χ1) is 16.0. The second kappa shape index (κ2) is 8.87. The molecule has 1 N–H and O–H groups in total. The normalized spacial score (nSPS) is 17.9. The van der Waals surface area contributed by atoms with Crippen LogP contribution in [0.5, 0.6) is 5.75 Å². The number of amides is 1. The van der Waals surface area contributed by atoms with Crippen LogP contribution in [0.4, 0.5) is 13.6 Å². The first kappa shape index (κ1) is 23.9. The van der Waals surface area contributed by atoms with Crippen LogP contribution in [0.2, 0.25) is 5.02 Å². The molecule has 0 spiro atoms. The second-order valence-electron chi connectivity index (χ2n) is 9.19. The van der Waals surface area contributed by atoms with E-state index in [1.165, 1.54) is 42.3 Å². The van der Waals surface area contributed by atoms with Crippen LogP contribution in [0.1, 0.15) is 39.7 Å². The summed E-state index contributed by atoms with van der Waals surface area (Å²) in [5.41, 5.74) is -1.66. The fourth-order valence-electron chi connectivity index (χ4n) is 4.02. The lowest BCUT2D eigenvalue weighted by Gasteiger charge is -2.37. The third-order valence-corrected chi connectivity index (χ3v) is 5.94. The Labute approximate surface area is 199 Å². The van der Waals surface area contributed by atoms with Crippen LogP contribution in [0.25, 0.3) is 22.0 Å². The molecule has 0 aliphatic heterocycles. The van der Waals surface area contributed by atoms with Crippen LogP contribution < -0.4 is 15.6 Å². The Hall–Kier alpha value is -3.20. The monoisotopic (exact) mass is 491 g/mol. The molecule has 1 heterocycles. The molecule has 0 bridgehead atoms. The lowest BCUT2D eigenvalue weighted by molar-refractivity contribution is 0.0455. The van der Waals surface area contributed by atoms with Crippen LogP contribution in [-0.2, 0) is 4.74 Å². The summed E-state index contributed by atoms with van der Waals surface area (Å²) in [4.78, 5) is 29.2. The number of nitrogens with one attached hydrogen (secondary N) is 1. The van der Waals surface area contributed by atoms with Gasteiger partial charge in [0.05, 0.1) is 29.4 Å². The molecule has 0 atom stereocenters. The van der Waals surface area contributed by atoms with Gasteiger partial charge in [-0.05, 0) is 51.8 Å². The number of carbonyl (C=O) groups is 1. The molecule has 7 nitrogen and oxygen atoms in total. The zero-order valence-electron chi connectivity index (χ0n) is 19.1. The first-order valence-electron chi connectivity index (χ1n) is 10.7. The van der Waals surface area contributed by atoms with Crippen LogP contribution in [-0.4, -0.2) is 34.4 Å². The van der Waals surface area contributed by atoms with Gasteiger partial charge in [-0.25, -0.2) is 18.6 Å². The Morgan fingerprint density at radius 1 is 1.24 bits per heavy atom. The number of benzene rings is 2. The van der Waals surface area contributed by atoms with Crippen molar-refractivity contribution in [1.29, 1.82) is 0 Å². The van der Waals surface area contributed by atoms with E-state index in [0.717, 1.165) is 0 Å². The average molecular weight is 492 g/mol. The summed E-state index contributed by atoms with van der Waals surface area (Å²) < 4.78 is 41.9. The van der Waals surface area contributed by atoms with Crippen molar-refractivity contribution in [3.63, 3.8) is 0 Å². The number of hydrogen-bond donors (Lipinski definition) is 1. The van der Waals surface area contributed by atoms with Crippen molar-refractivity contribution >= 4 is 28.6 Å². The SMILES string of the molecule is COc1cccc(F)c1-c1c(Cl)cc2c(=O)n(C3CC(NC(=O)OC(C)(C)C)C3)cnc2c1F. The number of carbonyl (C=O) groups excluding carboxylic acids is 1. The lowest BCUT2D eigenvalue weighted by atomic mass is 9.86. The van der Waals surface area contributed by atoms with Gasteiger partial charge in [0.1, 0.15) is 22.7 Å². The highest BCUT2D eigenvalue weighted by Gasteiger charge is 2.34. The summed E-state index contributed by atoms with van der Waals surface area (Å²) in [6.45, 7) is 5.32. The standard InChI is InChI=1S/C24H24ClF2N3O4/c1-24(2,3)34-23(32)29-12-8-13(9-12)30-11-28-21-14(22(30)31)10-15(25)18(20(21)27)19-16(26)6-5-7-17(19)33-4/h5-7,10-13H,8-9H2,1-4H3,(H,29,32). The van der Waals surface area contributed by atoms with Gasteiger partial charge in [0.15, 0.2) is 5.82 Å². The summed E-state index contributed by atoms with van der Waals surface area (Å²) in [5.74, 6) is -1.52. The van der Waals surface area contributed by atoms with Crippen LogP contribution in [0, 0.1) is 11.6 Å². The van der Waals surface area contributed by atoms with Gasteiger partial charge in [-0.15, -0.1) is 0 Å². The number of hydrogen-bond acceptors (Lipinski definition) is 5. The number of aromatic nitrogens is 2. The molecular formula is C24H24ClF2N3O4. The molecular weight excluding hydrogens is 468 g/mol. The van der Waals surface area contributed by atoms with E-state index >= 15 is 4.39 Å². The molecule has 180 valence electrons. The molecule has 1 aliphatic carbocycles. The number of fused-ring (bicyclic) bond motifs is 1. The molecule has 10 heteroatoms. The molecule has 34 heavy (non-hydrogen) atoms. The van der Waals surface area contributed by atoms with E-state index in [2.05, 4.69) is 10.3 Å². The third kappa shape index (κ3) is 4.44. The second-order valence-corrected chi connectivity index (χ2v) is 9.59. The minimum absolute atomic E-state index is 0.0207. The summed E-state index contributed by atoms with van der Waals surface area (Å²) in [7, 11) is 1.34. The van der Waals surface area contributed by atoms with Gasteiger partial charge in [-0.1, -0.05) is 17.7 Å². The fraction of sp³-hybridized carbons (Fsp3) is 0.375. The summed E-state index contributed by atoms with van der Waals surface area (Å²) in [6, 6.07) is 5.01. The van der Waals surface area contributed by atoms with Crippen molar-refractivity contribution in [2.24, 2.45) is 0 Å². The van der Waals surface area contributed by atoms with Crippen molar-refractivity contribution in [2.75, 3.05) is 7.11 Å². The van der Waals surface area contributed by atoms with E-state index in [-0.39, 0.29) is 44.9 Å². The molecule has 1 amide bonds. The zero-order valence-corrected chi connectivity index (χ0v) is 19.9. The smallest absolute Gasteiger partial charge is 0.407 e. The minimum Gasteiger partial charge on any atom is -0.496 e. The van der Waals surface area contributed by atoms with E-state index < -0.39 is 28.9 Å². The Balaban J connectivity index is 1.64. The number of methoxy groups -OCH3 is 1. The summed E-state index contributed by atoms with van der Waals surface area (Å²) >= 11 is 6.33. The van der Waals surface area contributed by atoms with Gasteiger partial charge < -0.3 is 14.8 Å². The number of halogens is 3. The van der Waals surface area contributed by atoms with E-state index in [4.69, 9.17) is 21.1 Å². The van der Waals surface area contributed by atoms with Gasteiger partial charge in [0, 0.05) is 17.6 Å². The topological polar surface area (TPSA) is 82.5 Å². The quantitative estimate of drug-likeness (QED) is 0.540. The highest BCUT2D eigenvalue weighted by Crippen LogP contribution is 2.41. The highest BCUT2D eigenvalue weighted by atomic mass is 35.5. The van der Waals surface area contributed by atoms with Crippen molar-refractivity contribution in [3.8, 4) is 16.9 Å². The zero-order chi connectivity index (χ0) is 24.8. The molecule has 1 aliphatic rings. The highest BCUT2D eigenvalue weighted by molar-refractivity contribution is 6.34. The van der Waals surface area contributed by atoms with Crippen LogP contribution in [0.3, 0.4) is 0 Å². The van der Waals surface area contributed by atoms with E-state index in [0.29, 0.717) is 12.8 Å². The van der Waals surface area contributed by atoms with Crippen LogP contribution in [0.15, 0.2) is 35.4 Å². The Kier molecular flexibility index (Phi) is 6.24. The molecule has 0 saturated heterocycles. The van der Waals surface area contributed by atoms with Crippen molar-refractivity contribution < 1.29 is 23.0 Å². The largest absolute Gasteiger partial charge is 0.496 e. The van der Waals surface area contributed by atoms with Gasteiger partial charge >= 0.3 is 6.09 Å². The maximum atomic E-state index is 15.5. The van der Waals surface area contributed by atoms with E-state index in [9.17, 15) is 14.0 Å². The lowest BCUT2D eigenvalue weighted by Crippen LogP contribution is -2.48. The molecule has 3 aromatic rings. The van der Waals surface area contributed by atoms with Gasteiger partial charge in [-0.3, -0.25) is 9.36 Å².